The Bertz CT molecular complexity index is 2410. The van der Waals surface area contributed by atoms with Gasteiger partial charge in [0.1, 0.15) is 0 Å². The van der Waals surface area contributed by atoms with Crippen LogP contribution in [-0.4, -0.2) is 34.3 Å². The quantitative estimate of drug-likeness (QED) is 0.195. The summed E-state index contributed by atoms with van der Waals surface area (Å²) in [5, 5.41) is 8.53. The SMILES string of the molecule is C1=Cc2c(c3ccc(-c4ccccc4-c4cccc(-c5nc(C6=CCNC=C6)nc(C6=CC=NCC6)n5)c4)cc3c3ccccc23)CC1. The number of aryl methyl sites for hydroxylation is 1. The molecule has 1 aliphatic carbocycles. The van der Waals surface area contributed by atoms with Crippen LogP contribution in [0.25, 0.3) is 72.4 Å². The zero-order valence-electron chi connectivity index (χ0n) is 26.5. The minimum atomic E-state index is 0.668. The smallest absolute Gasteiger partial charge is 0.164 e. The minimum absolute atomic E-state index is 0.668. The highest BCUT2D eigenvalue weighted by atomic mass is 15.0. The molecule has 0 radical (unpaired) electrons. The highest BCUT2D eigenvalue weighted by molar-refractivity contribution is 6.14. The van der Waals surface area contributed by atoms with Crippen LogP contribution in [0.5, 0.6) is 0 Å². The lowest BCUT2D eigenvalue weighted by atomic mass is 9.85. The van der Waals surface area contributed by atoms with Crippen LogP contribution in [0.4, 0.5) is 0 Å². The Balaban J connectivity index is 1.17. The van der Waals surface area contributed by atoms with Crippen molar-refractivity contribution >= 4 is 45.0 Å². The Labute approximate surface area is 279 Å². The van der Waals surface area contributed by atoms with Gasteiger partial charge in [-0.2, -0.15) is 0 Å². The van der Waals surface area contributed by atoms with E-state index in [4.69, 9.17) is 15.0 Å². The Morgan fingerprint density at radius 2 is 1.40 bits per heavy atom. The molecule has 48 heavy (non-hydrogen) atoms. The Kier molecular flexibility index (Phi) is 7.08. The summed E-state index contributed by atoms with van der Waals surface area (Å²) in [6.45, 7) is 1.49. The predicted molar refractivity (Wildman–Crippen MR) is 200 cm³/mol. The third-order valence-electron chi connectivity index (χ3n) is 9.59. The summed E-state index contributed by atoms with van der Waals surface area (Å²) in [5.41, 5.74) is 10.6. The van der Waals surface area contributed by atoms with E-state index in [0.717, 1.165) is 54.6 Å². The molecule has 0 atom stereocenters. The van der Waals surface area contributed by atoms with E-state index in [0.29, 0.717) is 17.5 Å². The average Bonchev–Trinajstić information content (AvgIpc) is 3.18. The van der Waals surface area contributed by atoms with Gasteiger partial charge in [-0.1, -0.05) is 97.1 Å². The summed E-state index contributed by atoms with van der Waals surface area (Å²) < 4.78 is 0. The first-order valence-electron chi connectivity index (χ1n) is 16.7. The number of fused-ring (bicyclic) bond motifs is 6. The number of benzene rings is 5. The van der Waals surface area contributed by atoms with E-state index in [1.165, 1.54) is 49.4 Å². The van der Waals surface area contributed by atoms with Crippen LogP contribution in [-0.2, 0) is 6.42 Å². The molecule has 1 aromatic heterocycles. The summed E-state index contributed by atoms with van der Waals surface area (Å²) in [4.78, 5) is 19.3. The van der Waals surface area contributed by atoms with Gasteiger partial charge in [0.15, 0.2) is 17.5 Å². The second kappa shape index (κ2) is 12.0. The topological polar surface area (TPSA) is 63.1 Å². The van der Waals surface area contributed by atoms with Crippen LogP contribution in [0, 0.1) is 0 Å². The van der Waals surface area contributed by atoms with Crippen molar-refractivity contribution in [1.29, 1.82) is 0 Å². The first-order chi connectivity index (χ1) is 23.8. The Hall–Kier alpha value is -5.94. The fraction of sp³-hybridized carbons (Fsp3) is 0.116. The maximum Gasteiger partial charge on any atom is 0.164 e. The van der Waals surface area contributed by atoms with Gasteiger partial charge in [0, 0.05) is 36.0 Å². The zero-order chi connectivity index (χ0) is 31.9. The van der Waals surface area contributed by atoms with Crippen LogP contribution >= 0.6 is 0 Å². The molecule has 0 fully saturated rings. The van der Waals surface area contributed by atoms with Crippen molar-refractivity contribution in [2.75, 3.05) is 13.1 Å². The number of aromatic nitrogens is 3. The van der Waals surface area contributed by atoms with E-state index < -0.39 is 0 Å². The van der Waals surface area contributed by atoms with Crippen LogP contribution in [0.3, 0.4) is 0 Å². The fourth-order valence-electron chi connectivity index (χ4n) is 7.23. The number of allylic oxidation sites excluding steroid dienone is 4. The van der Waals surface area contributed by atoms with Crippen LogP contribution in [0.2, 0.25) is 0 Å². The molecule has 0 bridgehead atoms. The van der Waals surface area contributed by atoms with Crippen molar-refractivity contribution < 1.29 is 0 Å². The summed E-state index contributed by atoms with van der Waals surface area (Å²) in [6, 6.07) is 33.2. The maximum atomic E-state index is 5.01. The number of rotatable bonds is 5. The lowest BCUT2D eigenvalue weighted by Gasteiger charge is -2.19. The van der Waals surface area contributed by atoms with E-state index >= 15 is 0 Å². The highest BCUT2D eigenvalue weighted by Gasteiger charge is 2.18. The molecule has 6 aromatic rings. The van der Waals surface area contributed by atoms with Crippen molar-refractivity contribution in [2.24, 2.45) is 4.99 Å². The van der Waals surface area contributed by atoms with Gasteiger partial charge in [-0.3, -0.25) is 4.99 Å². The van der Waals surface area contributed by atoms with E-state index in [-0.39, 0.29) is 0 Å². The van der Waals surface area contributed by atoms with Gasteiger partial charge in [-0.15, -0.1) is 0 Å². The molecule has 9 rings (SSSR count). The molecule has 1 N–H and O–H groups in total. The second-order valence-corrected chi connectivity index (χ2v) is 12.5. The van der Waals surface area contributed by atoms with E-state index in [2.05, 4.69) is 120 Å². The molecule has 5 nitrogen and oxygen atoms in total. The van der Waals surface area contributed by atoms with Gasteiger partial charge in [0.2, 0.25) is 0 Å². The number of dihydropyridines is 2. The van der Waals surface area contributed by atoms with Gasteiger partial charge in [-0.25, -0.2) is 15.0 Å². The molecule has 0 saturated heterocycles. The number of hydrogen-bond acceptors (Lipinski definition) is 5. The Morgan fingerprint density at radius 1 is 0.604 bits per heavy atom. The maximum absolute atomic E-state index is 5.01. The second-order valence-electron chi connectivity index (χ2n) is 12.5. The molecular formula is C43H33N5. The van der Waals surface area contributed by atoms with Crippen molar-refractivity contribution in [3.8, 4) is 33.6 Å². The lowest BCUT2D eigenvalue weighted by Crippen LogP contribution is -2.11. The van der Waals surface area contributed by atoms with Crippen LogP contribution in [0.15, 0.2) is 126 Å². The van der Waals surface area contributed by atoms with Crippen molar-refractivity contribution in [3.63, 3.8) is 0 Å². The van der Waals surface area contributed by atoms with Gasteiger partial charge in [0.05, 0.1) is 0 Å². The van der Waals surface area contributed by atoms with Gasteiger partial charge in [0.25, 0.3) is 0 Å². The lowest BCUT2D eigenvalue weighted by molar-refractivity contribution is 0.939. The number of aliphatic imine (C=N–C) groups is 1. The van der Waals surface area contributed by atoms with E-state index in [9.17, 15) is 0 Å². The third-order valence-corrected chi connectivity index (χ3v) is 9.59. The van der Waals surface area contributed by atoms with E-state index in [1.807, 2.05) is 24.6 Å². The monoisotopic (exact) mass is 619 g/mol. The molecule has 0 amide bonds. The largest absolute Gasteiger partial charge is 0.387 e. The summed E-state index contributed by atoms with van der Waals surface area (Å²) in [7, 11) is 0. The predicted octanol–water partition coefficient (Wildman–Crippen LogP) is 9.50. The summed E-state index contributed by atoms with van der Waals surface area (Å²) >= 11 is 0. The molecule has 0 unspecified atom stereocenters. The molecule has 3 heterocycles. The number of hydrogen-bond donors (Lipinski definition) is 1. The highest BCUT2D eigenvalue weighted by Crippen LogP contribution is 2.40. The summed E-state index contributed by atoms with van der Waals surface area (Å²) in [6.07, 6.45) is 17.6. The van der Waals surface area contributed by atoms with Crippen LogP contribution < -0.4 is 5.32 Å². The first kappa shape index (κ1) is 28.3. The van der Waals surface area contributed by atoms with E-state index in [1.54, 1.807) is 0 Å². The van der Waals surface area contributed by atoms with Gasteiger partial charge >= 0.3 is 0 Å². The normalized spacial score (nSPS) is 15.2. The summed E-state index contributed by atoms with van der Waals surface area (Å²) in [5.74, 6) is 2.06. The molecule has 3 aliphatic rings. The van der Waals surface area contributed by atoms with Gasteiger partial charge in [-0.05, 0) is 105 Å². The standard InChI is InChI=1S/C43H33N5/c1-2-11-34(31-16-17-39-37-14-4-3-12-35(37)36-13-5-6-15-38(36)40(39)27-31)33(10-1)30-8-7-9-32(26-30)43-47-41(28-18-22-44-23-19-28)46-42(48-43)29-20-24-45-25-21-29/h1-3,5-13,15-20,22,24,26-27,44H,4,14,21,23,25H2. The molecular weight excluding hydrogens is 587 g/mol. The molecule has 0 saturated carbocycles. The molecule has 5 heteroatoms. The molecule has 5 aromatic carbocycles. The number of nitrogens with one attached hydrogen (secondary N) is 1. The molecule has 0 spiro atoms. The number of nitrogens with zero attached hydrogens (tertiary/aromatic N) is 4. The van der Waals surface area contributed by atoms with Crippen molar-refractivity contribution in [3.05, 3.63) is 144 Å². The zero-order valence-corrected chi connectivity index (χ0v) is 26.5. The van der Waals surface area contributed by atoms with Gasteiger partial charge < -0.3 is 5.32 Å². The van der Waals surface area contributed by atoms with Crippen molar-refractivity contribution in [1.82, 2.24) is 20.3 Å². The fourth-order valence-corrected chi connectivity index (χ4v) is 7.23. The third kappa shape index (κ3) is 5.05. The Morgan fingerprint density at radius 3 is 2.23 bits per heavy atom. The minimum Gasteiger partial charge on any atom is -0.387 e. The van der Waals surface area contributed by atoms with Crippen LogP contribution in [0.1, 0.15) is 35.6 Å². The average molecular weight is 620 g/mol. The van der Waals surface area contributed by atoms with Crippen molar-refractivity contribution in [2.45, 2.75) is 19.3 Å². The molecule has 230 valence electrons. The molecule has 2 aliphatic heterocycles. The first-order valence-corrected chi connectivity index (χ1v) is 16.7.